The van der Waals surface area contributed by atoms with Crippen LogP contribution in [0.3, 0.4) is 0 Å². The van der Waals surface area contributed by atoms with Gasteiger partial charge in [0.05, 0.1) is 11.3 Å². The predicted octanol–water partition coefficient (Wildman–Crippen LogP) is 3.67. The summed E-state index contributed by atoms with van der Waals surface area (Å²) in [7, 11) is 0. The molecular formula is C11H10F3N. The number of allylic oxidation sites excluding steroid dienone is 2. The number of aromatic nitrogens is 1. The van der Waals surface area contributed by atoms with Crippen LogP contribution in [0.1, 0.15) is 30.5 Å². The molecular weight excluding hydrogens is 203 g/mol. The summed E-state index contributed by atoms with van der Waals surface area (Å²) < 4.78 is 36.7. The van der Waals surface area contributed by atoms with E-state index in [9.17, 15) is 13.2 Å². The van der Waals surface area contributed by atoms with Gasteiger partial charge < -0.3 is 0 Å². The maximum atomic E-state index is 12.2. The van der Waals surface area contributed by atoms with Crippen LogP contribution >= 0.6 is 0 Å². The van der Waals surface area contributed by atoms with Crippen LogP contribution in [0.15, 0.2) is 24.4 Å². The molecule has 0 unspecified atom stereocenters. The van der Waals surface area contributed by atoms with Crippen LogP contribution in [-0.2, 0) is 6.18 Å². The van der Waals surface area contributed by atoms with Gasteiger partial charge in [0.2, 0.25) is 0 Å². The Bertz CT molecular complexity index is 376. The molecule has 0 amide bonds. The molecule has 4 heteroatoms. The minimum Gasteiger partial charge on any atom is -0.256 e. The van der Waals surface area contributed by atoms with Crippen molar-refractivity contribution in [2.45, 2.75) is 25.4 Å². The minimum atomic E-state index is -4.30. The fourth-order valence-corrected chi connectivity index (χ4v) is 1.66. The molecule has 0 saturated heterocycles. The number of pyridine rings is 1. The third-order valence-electron chi connectivity index (χ3n) is 2.46. The van der Waals surface area contributed by atoms with Gasteiger partial charge >= 0.3 is 6.18 Å². The van der Waals surface area contributed by atoms with Gasteiger partial charge in [-0.15, -0.1) is 0 Å². The third kappa shape index (κ3) is 2.19. The molecule has 1 heterocycles. The van der Waals surface area contributed by atoms with Gasteiger partial charge in [0.1, 0.15) is 0 Å². The first kappa shape index (κ1) is 10.2. The maximum Gasteiger partial charge on any atom is 0.417 e. The number of nitrogens with zero attached hydrogens (tertiary/aromatic N) is 1. The van der Waals surface area contributed by atoms with Crippen molar-refractivity contribution in [1.29, 1.82) is 0 Å². The van der Waals surface area contributed by atoms with Gasteiger partial charge in [0.25, 0.3) is 0 Å². The Labute approximate surface area is 85.6 Å². The lowest BCUT2D eigenvalue weighted by atomic mass is 10.1. The molecule has 0 atom stereocenters. The van der Waals surface area contributed by atoms with Gasteiger partial charge in [0.15, 0.2) is 0 Å². The molecule has 1 aromatic heterocycles. The number of hydrogen-bond donors (Lipinski definition) is 0. The van der Waals surface area contributed by atoms with Crippen LogP contribution < -0.4 is 0 Å². The zero-order chi connectivity index (χ0) is 10.9. The Morgan fingerprint density at radius 2 is 2.00 bits per heavy atom. The molecule has 0 radical (unpaired) electrons. The Morgan fingerprint density at radius 1 is 1.20 bits per heavy atom. The molecule has 1 aliphatic rings. The van der Waals surface area contributed by atoms with Crippen molar-refractivity contribution < 1.29 is 13.2 Å². The fourth-order valence-electron chi connectivity index (χ4n) is 1.66. The molecule has 0 aliphatic heterocycles. The van der Waals surface area contributed by atoms with E-state index in [1.54, 1.807) is 0 Å². The van der Waals surface area contributed by atoms with Crippen molar-refractivity contribution in [3.63, 3.8) is 0 Å². The second kappa shape index (κ2) is 3.68. The van der Waals surface area contributed by atoms with E-state index in [-0.39, 0.29) is 0 Å². The normalized spacial score (nSPS) is 16.6. The standard InChI is InChI=1S/C11H10F3N/c12-11(13,14)9-5-6-10(15-7-9)8-3-1-2-4-8/h3,5-7H,1-2,4H2. The van der Waals surface area contributed by atoms with Crippen molar-refractivity contribution in [2.24, 2.45) is 0 Å². The summed E-state index contributed by atoms with van der Waals surface area (Å²) in [5.74, 6) is 0. The highest BCUT2D eigenvalue weighted by Gasteiger charge is 2.30. The lowest BCUT2D eigenvalue weighted by molar-refractivity contribution is -0.137. The first-order valence-electron chi connectivity index (χ1n) is 4.80. The number of hydrogen-bond acceptors (Lipinski definition) is 1. The van der Waals surface area contributed by atoms with Crippen molar-refractivity contribution in [2.75, 3.05) is 0 Å². The molecule has 0 saturated carbocycles. The predicted molar refractivity (Wildman–Crippen MR) is 51.1 cm³/mol. The number of alkyl halides is 3. The van der Waals surface area contributed by atoms with E-state index < -0.39 is 11.7 Å². The highest BCUT2D eigenvalue weighted by Crippen LogP contribution is 2.31. The van der Waals surface area contributed by atoms with E-state index in [0.717, 1.165) is 37.1 Å². The van der Waals surface area contributed by atoms with Crippen LogP contribution in [0.25, 0.3) is 5.57 Å². The highest BCUT2D eigenvalue weighted by atomic mass is 19.4. The molecule has 2 rings (SSSR count). The summed E-state index contributed by atoms with van der Waals surface area (Å²) in [5, 5.41) is 0. The van der Waals surface area contributed by atoms with Crippen LogP contribution in [0.2, 0.25) is 0 Å². The first-order chi connectivity index (χ1) is 7.07. The SMILES string of the molecule is FC(F)(F)c1ccc(C2=CCCC2)nc1. The lowest BCUT2D eigenvalue weighted by Gasteiger charge is -2.07. The van der Waals surface area contributed by atoms with Gasteiger partial charge in [-0.3, -0.25) is 4.98 Å². The summed E-state index contributed by atoms with van der Waals surface area (Å²) in [6, 6.07) is 2.53. The van der Waals surface area contributed by atoms with Crippen molar-refractivity contribution in [3.8, 4) is 0 Å². The Kier molecular flexibility index (Phi) is 2.50. The van der Waals surface area contributed by atoms with E-state index >= 15 is 0 Å². The number of rotatable bonds is 1. The average Bonchev–Trinajstić information content (AvgIpc) is 2.69. The van der Waals surface area contributed by atoms with Crippen LogP contribution in [0.5, 0.6) is 0 Å². The fraction of sp³-hybridized carbons (Fsp3) is 0.364. The lowest BCUT2D eigenvalue weighted by Crippen LogP contribution is -2.05. The van der Waals surface area contributed by atoms with Crippen LogP contribution in [0.4, 0.5) is 13.2 Å². The second-order valence-electron chi connectivity index (χ2n) is 3.55. The molecule has 0 bridgehead atoms. The molecule has 0 fully saturated rings. The largest absolute Gasteiger partial charge is 0.417 e. The van der Waals surface area contributed by atoms with E-state index in [2.05, 4.69) is 4.98 Å². The Hall–Kier alpha value is -1.32. The van der Waals surface area contributed by atoms with Gasteiger partial charge in [-0.2, -0.15) is 13.2 Å². The van der Waals surface area contributed by atoms with Crippen LogP contribution in [0, 0.1) is 0 Å². The Morgan fingerprint density at radius 3 is 2.47 bits per heavy atom. The molecule has 15 heavy (non-hydrogen) atoms. The molecule has 0 N–H and O–H groups in total. The van der Waals surface area contributed by atoms with Crippen molar-refractivity contribution in [3.05, 3.63) is 35.7 Å². The molecule has 80 valence electrons. The molecule has 0 spiro atoms. The maximum absolute atomic E-state index is 12.2. The third-order valence-corrected chi connectivity index (χ3v) is 2.46. The zero-order valence-electron chi connectivity index (χ0n) is 8.01. The summed E-state index contributed by atoms with van der Waals surface area (Å²) in [5.41, 5.74) is 1.04. The molecule has 1 aromatic rings. The van der Waals surface area contributed by atoms with E-state index in [0.29, 0.717) is 5.69 Å². The Balaban J connectivity index is 2.24. The quantitative estimate of drug-likeness (QED) is 0.693. The number of halogens is 3. The zero-order valence-corrected chi connectivity index (χ0v) is 8.01. The van der Waals surface area contributed by atoms with Gasteiger partial charge in [-0.1, -0.05) is 6.08 Å². The van der Waals surface area contributed by atoms with E-state index in [4.69, 9.17) is 0 Å². The first-order valence-corrected chi connectivity index (χ1v) is 4.80. The second-order valence-corrected chi connectivity index (χ2v) is 3.55. The molecule has 1 nitrogen and oxygen atoms in total. The summed E-state index contributed by atoms with van der Waals surface area (Å²) >= 11 is 0. The molecule has 1 aliphatic carbocycles. The smallest absolute Gasteiger partial charge is 0.256 e. The summed E-state index contributed by atoms with van der Waals surface area (Å²) in [6.07, 6.45) is 1.62. The average molecular weight is 213 g/mol. The minimum absolute atomic E-state index is 0.667. The monoisotopic (exact) mass is 213 g/mol. The van der Waals surface area contributed by atoms with Gasteiger partial charge in [-0.05, 0) is 37.0 Å². The van der Waals surface area contributed by atoms with Gasteiger partial charge in [-0.25, -0.2) is 0 Å². The topological polar surface area (TPSA) is 12.9 Å². The van der Waals surface area contributed by atoms with E-state index in [1.807, 2.05) is 6.08 Å². The van der Waals surface area contributed by atoms with Crippen molar-refractivity contribution >= 4 is 5.57 Å². The van der Waals surface area contributed by atoms with Crippen molar-refractivity contribution in [1.82, 2.24) is 4.98 Å². The summed E-state index contributed by atoms with van der Waals surface area (Å²) in [4.78, 5) is 3.84. The molecule has 0 aromatic carbocycles. The van der Waals surface area contributed by atoms with E-state index in [1.165, 1.54) is 6.07 Å². The van der Waals surface area contributed by atoms with Gasteiger partial charge in [0, 0.05) is 6.20 Å². The highest BCUT2D eigenvalue weighted by molar-refractivity contribution is 5.64. The van der Waals surface area contributed by atoms with Crippen LogP contribution in [-0.4, -0.2) is 4.98 Å². The summed E-state index contributed by atoms with van der Waals surface area (Å²) in [6.45, 7) is 0.